The first-order valence-electron chi connectivity index (χ1n) is 5.71. The van der Waals surface area contributed by atoms with Gasteiger partial charge in [0.15, 0.2) is 5.82 Å². The van der Waals surface area contributed by atoms with E-state index in [9.17, 15) is 0 Å². The molecule has 2 aromatic rings. The van der Waals surface area contributed by atoms with E-state index in [1.54, 1.807) is 11.3 Å². The molecule has 0 radical (unpaired) electrons. The molecule has 0 aliphatic rings. The molecule has 2 rings (SSSR count). The van der Waals surface area contributed by atoms with E-state index in [2.05, 4.69) is 44.7 Å². The lowest BCUT2D eigenvalue weighted by Gasteiger charge is -2.09. The van der Waals surface area contributed by atoms with E-state index >= 15 is 0 Å². The van der Waals surface area contributed by atoms with Gasteiger partial charge in [0.05, 0.1) is 15.2 Å². The summed E-state index contributed by atoms with van der Waals surface area (Å²) in [5.41, 5.74) is 7.65. The first kappa shape index (κ1) is 13.4. The summed E-state index contributed by atoms with van der Waals surface area (Å²) in [7, 11) is 0. The quantitative estimate of drug-likeness (QED) is 0.938. The molecule has 0 bridgehead atoms. The highest BCUT2D eigenvalue weighted by Gasteiger charge is 2.14. The molecule has 2 heterocycles. The summed E-state index contributed by atoms with van der Waals surface area (Å²) < 4.78 is 0.798. The zero-order valence-electron chi connectivity index (χ0n) is 10.6. The average molecular weight is 327 g/mol. The molecule has 18 heavy (non-hydrogen) atoms. The maximum Gasteiger partial charge on any atom is 0.181 e. The zero-order chi connectivity index (χ0) is 13.3. The van der Waals surface area contributed by atoms with Crippen LogP contribution in [0, 0.1) is 12.8 Å². The van der Waals surface area contributed by atoms with Gasteiger partial charge in [-0.2, -0.15) is 0 Å². The van der Waals surface area contributed by atoms with Crippen LogP contribution in [0.25, 0.3) is 11.5 Å². The second-order valence-corrected chi connectivity index (χ2v) is 6.40. The van der Waals surface area contributed by atoms with Crippen LogP contribution in [0.3, 0.4) is 0 Å². The van der Waals surface area contributed by atoms with Gasteiger partial charge >= 0.3 is 0 Å². The Balaban J connectivity index is 2.46. The average Bonchev–Trinajstić information content (AvgIpc) is 2.70. The van der Waals surface area contributed by atoms with E-state index < -0.39 is 0 Å². The van der Waals surface area contributed by atoms with Crippen LogP contribution in [0.1, 0.15) is 24.5 Å². The maximum absolute atomic E-state index is 5.92. The maximum atomic E-state index is 5.92. The molecular weight excluding hydrogens is 312 g/mol. The third kappa shape index (κ3) is 2.87. The van der Waals surface area contributed by atoms with E-state index in [4.69, 9.17) is 5.73 Å². The minimum Gasteiger partial charge on any atom is -0.383 e. The highest BCUT2D eigenvalue weighted by Crippen LogP contribution is 2.27. The molecule has 0 saturated carbocycles. The lowest BCUT2D eigenvalue weighted by Crippen LogP contribution is -2.05. The zero-order valence-corrected chi connectivity index (χ0v) is 13.0. The van der Waals surface area contributed by atoms with Crippen molar-refractivity contribution in [2.45, 2.75) is 27.2 Å². The van der Waals surface area contributed by atoms with Crippen molar-refractivity contribution in [2.24, 2.45) is 5.92 Å². The number of aromatic nitrogens is 3. The molecule has 0 fully saturated rings. The van der Waals surface area contributed by atoms with Crippen LogP contribution in [0.2, 0.25) is 0 Å². The van der Waals surface area contributed by atoms with Crippen molar-refractivity contribution in [3.8, 4) is 11.5 Å². The highest BCUT2D eigenvalue weighted by atomic mass is 79.9. The van der Waals surface area contributed by atoms with Gasteiger partial charge in [-0.1, -0.05) is 13.8 Å². The van der Waals surface area contributed by atoms with Gasteiger partial charge in [-0.05, 0) is 35.2 Å². The van der Waals surface area contributed by atoms with E-state index in [0.717, 1.165) is 27.3 Å². The van der Waals surface area contributed by atoms with Crippen LogP contribution in [0.15, 0.2) is 9.85 Å². The molecule has 2 N–H and O–H groups in total. The lowest BCUT2D eigenvalue weighted by molar-refractivity contribution is 0.632. The monoisotopic (exact) mass is 326 g/mol. The Bertz CT molecular complexity index is 565. The normalized spacial score (nSPS) is 11.2. The second kappa shape index (κ2) is 5.32. The van der Waals surface area contributed by atoms with Gasteiger partial charge in [0, 0.05) is 5.38 Å². The molecule has 4 nitrogen and oxygen atoms in total. The molecule has 0 atom stereocenters. The van der Waals surface area contributed by atoms with Gasteiger partial charge < -0.3 is 5.73 Å². The van der Waals surface area contributed by atoms with Crippen LogP contribution < -0.4 is 5.73 Å². The number of anilines is 1. The van der Waals surface area contributed by atoms with Crippen molar-refractivity contribution in [3.05, 3.63) is 20.6 Å². The first-order chi connectivity index (χ1) is 8.47. The SMILES string of the molecule is Cc1nc(-c2nc(N)c(Br)c(CC(C)C)n2)cs1. The molecule has 96 valence electrons. The molecule has 0 aliphatic heterocycles. The molecular formula is C12H15BrN4S. The van der Waals surface area contributed by atoms with Crippen LogP contribution in [0.4, 0.5) is 5.82 Å². The minimum atomic E-state index is 0.473. The van der Waals surface area contributed by atoms with Crippen molar-refractivity contribution in [1.82, 2.24) is 15.0 Å². The number of nitrogens with two attached hydrogens (primary N) is 1. The van der Waals surface area contributed by atoms with Gasteiger partial charge in [0.2, 0.25) is 0 Å². The van der Waals surface area contributed by atoms with Gasteiger partial charge in [-0.15, -0.1) is 11.3 Å². The fourth-order valence-corrected chi connectivity index (χ4v) is 2.55. The Morgan fingerprint density at radius 3 is 2.61 bits per heavy atom. The van der Waals surface area contributed by atoms with Crippen molar-refractivity contribution in [3.63, 3.8) is 0 Å². The molecule has 0 spiro atoms. The molecule has 0 saturated heterocycles. The summed E-state index contributed by atoms with van der Waals surface area (Å²) in [6, 6.07) is 0. The van der Waals surface area contributed by atoms with Crippen LogP contribution in [0.5, 0.6) is 0 Å². The van der Waals surface area contributed by atoms with Gasteiger partial charge in [0.25, 0.3) is 0 Å². The number of nitrogen functional groups attached to an aromatic ring is 1. The Kier molecular flexibility index (Phi) is 3.97. The Morgan fingerprint density at radius 1 is 1.33 bits per heavy atom. The third-order valence-corrected chi connectivity index (χ3v) is 4.03. The molecule has 0 aromatic carbocycles. The third-order valence-electron chi connectivity index (χ3n) is 2.40. The molecule has 6 heteroatoms. The Labute approximate surface area is 119 Å². The largest absolute Gasteiger partial charge is 0.383 e. The summed E-state index contributed by atoms with van der Waals surface area (Å²) in [5, 5.41) is 2.96. The fourth-order valence-electron chi connectivity index (χ4n) is 1.62. The Hall–Kier alpha value is -1.01. The predicted octanol–water partition coefficient (Wildman–Crippen LogP) is 3.45. The van der Waals surface area contributed by atoms with E-state index in [1.807, 2.05) is 12.3 Å². The molecule has 0 unspecified atom stereocenters. The minimum absolute atomic E-state index is 0.473. The topological polar surface area (TPSA) is 64.7 Å². The number of hydrogen-bond donors (Lipinski definition) is 1. The van der Waals surface area contributed by atoms with Crippen molar-refractivity contribution >= 4 is 33.1 Å². The van der Waals surface area contributed by atoms with E-state index in [0.29, 0.717) is 17.6 Å². The summed E-state index contributed by atoms with van der Waals surface area (Å²) in [6.07, 6.45) is 0.865. The first-order valence-corrected chi connectivity index (χ1v) is 7.39. The van der Waals surface area contributed by atoms with Crippen LogP contribution >= 0.6 is 27.3 Å². The number of hydrogen-bond acceptors (Lipinski definition) is 5. The lowest BCUT2D eigenvalue weighted by atomic mass is 10.1. The smallest absolute Gasteiger partial charge is 0.181 e. The molecule has 2 aromatic heterocycles. The predicted molar refractivity (Wildman–Crippen MR) is 78.5 cm³/mol. The second-order valence-electron chi connectivity index (χ2n) is 4.54. The summed E-state index contributed by atoms with van der Waals surface area (Å²) in [5.74, 6) is 1.60. The Morgan fingerprint density at radius 2 is 2.06 bits per heavy atom. The standard InChI is InChI=1S/C12H15BrN4S/c1-6(2)4-8-10(13)11(14)17-12(16-8)9-5-18-7(3)15-9/h5-6H,4H2,1-3H3,(H2,14,16,17). The number of aryl methyl sites for hydroxylation is 1. The number of halogens is 1. The molecule has 0 amide bonds. The van der Waals surface area contributed by atoms with Crippen molar-refractivity contribution in [2.75, 3.05) is 5.73 Å². The highest BCUT2D eigenvalue weighted by molar-refractivity contribution is 9.10. The fraction of sp³-hybridized carbons (Fsp3) is 0.417. The van der Waals surface area contributed by atoms with Gasteiger partial charge in [-0.25, -0.2) is 15.0 Å². The molecule has 0 aliphatic carbocycles. The number of thiazole rings is 1. The number of rotatable bonds is 3. The van der Waals surface area contributed by atoms with Gasteiger partial charge in [0.1, 0.15) is 11.5 Å². The summed E-state index contributed by atoms with van der Waals surface area (Å²) in [4.78, 5) is 13.2. The number of nitrogens with zero attached hydrogens (tertiary/aromatic N) is 3. The van der Waals surface area contributed by atoms with Crippen molar-refractivity contribution < 1.29 is 0 Å². The van der Waals surface area contributed by atoms with E-state index in [1.165, 1.54) is 0 Å². The van der Waals surface area contributed by atoms with Gasteiger partial charge in [-0.3, -0.25) is 0 Å². The van der Waals surface area contributed by atoms with Crippen molar-refractivity contribution in [1.29, 1.82) is 0 Å². The summed E-state index contributed by atoms with van der Waals surface area (Å²) in [6.45, 7) is 6.26. The van der Waals surface area contributed by atoms with E-state index in [-0.39, 0.29) is 0 Å². The summed E-state index contributed by atoms with van der Waals surface area (Å²) >= 11 is 5.04. The van der Waals surface area contributed by atoms with Crippen LogP contribution in [-0.4, -0.2) is 15.0 Å². The van der Waals surface area contributed by atoms with Crippen LogP contribution in [-0.2, 0) is 6.42 Å².